The second kappa shape index (κ2) is 6.27. The fraction of sp³-hybridized carbons (Fsp3) is 0.462. The van der Waals surface area contributed by atoms with Crippen LogP contribution in [-0.4, -0.2) is 39.9 Å². The normalized spacial score (nSPS) is 16.3. The summed E-state index contributed by atoms with van der Waals surface area (Å²) in [6, 6.07) is 5.53. The molecule has 3 N–H and O–H groups in total. The molecule has 1 aliphatic rings. The van der Waals surface area contributed by atoms with Gasteiger partial charge in [0.1, 0.15) is 0 Å². The standard InChI is InChI=1S/C13H17F2N3O3S/c14-13(15,8-16)9-17-22(20,21)11-5-3-10(4-6-11)18-7-1-2-12(18)19/h3-6,17H,1-2,7-9,16H2. The van der Waals surface area contributed by atoms with E-state index in [1.54, 1.807) is 4.90 Å². The molecule has 6 nitrogen and oxygen atoms in total. The number of halogens is 2. The third-order valence-electron chi connectivity index (χ3n) is 3.35. The number of carbonyl (C=O) groups is 1. The lowest BCUT2D eigenvalue weighted by Crippen LogP contribution is -2.41. The van der Waals surface area contributed by atoms with Gasteiger partial charge in [-0.05, 0) is 30.7 Å². The lowest BCUT2D eigenvalue weighted by Gasteiger charge is -2.17. The second-order valence-electron chi connectivity index (χ2n) is 5.03. The molecule has 0 unspecified atom stereocenters. The first-order chi connectivity index (χ1) is 10.2. The molecule has 22 heavy (non-hydrogen) atoms. The molecule has 0 spiro atoms. The van der Waals surface area contributed by atoms with E-state index in [0.29, 0.717) is 18.7 Å². The molecule has 0 aliphatic carbocycles. The van der Waals surface area contributed by atoms with Gasteiger partial charge in [-0.15, -0.1) is 0 Å². The highest BCUT2D eigenvalue weighted by Gasteiger charge is 2.29. The van der Waals surface area contributed by atoms with E-state index in [0.717, 1.165) is 6.42 Å². The van der Waals surface area contributed by atoms with E-state index in [9.17, 15) is 22.0 Å². The number of nitrogens with zero attached hydrogens (tertiary/aromatic N) is 1. The number of hydrogen-bond donors (Lipinski definition) is 2. The van der Waals surface area contributed by atoms with Gasteiger partial charge in [0.15, 0.2) is 0 Å². The van der Waals surface area contributed by atoms with Crippen LogP contribution in [0.1, 0.15) is 12.8 Å². The summed E-state index contributed by atoms with van der Waals surface area (Å²) in [5.41, 5.74) is 5.45. The van der Waals surface area contributed by atoms with Gasteiger partial charge in [-0.1, -0.05) is 0 Å². The Labute approximate surface area is 127 Å². The average Bonchev–Trinajstić information content (AvgIpc) is 2.92. The first-order valence-electron chi connectivity index (χ1n) is 6.73. The highest BCUT2D eigenvalue weighted by molar-refractivity contribution is 7.89. The molecule has 1 heterocycles. The summed E-state index contributed by atoms with van der Waals surface area (Å²) in [5, 5.41) is 0. The van der Waals surface area contributed by atoms with E-state index in [1.807, 2.05) is 4.72 Å². The van der Waals surface area contributed by atoms with Crippen molar-refractivity contribution in [2.45, 2.75) is 23.7 Å². The molecule has 122 valence electrons. The molecule has 0 saturated carbocycles. The maximum atomic E-state index is 13.0. The Balaban J connectivity index is 2.10. The molecule has 1 aromatic rings. The molecule has 1 amide bonds. The van der Waals surface area contributed by atoms with Crippen molar-refractivity contribution in [3.63, 3.8) is 0 Å². The second-order valence-corrected chi connectivity index (χ2v) is 6.79. The lowest BCUT2D eigenvalue weighted by molar-refractivity contribution is -0.117. The van der Waals surface area contributed by atoms with Gasteiger partial charge < -0.3 is 10.6 Å². The summed E-state index contributed by atoms with van der Waals surface area (Å²) in [4.78, 5) is 13.0. The number of nitrogens with two attached hydrogens (primary N) is 1. The summed E-state index contributed by atoms with van der Waals surface area (Å²) in [6.45, 7) is -1.41. The van der Waals surface area contributed by atoms with Gasteiger partial charge in [0, 0.05) is 18.7 Å². The van der Waals surface area contributed by atoms with Gasteiger partial charge in [0.25, 0.3) is 5.92 Å². The van der Waals surface area contributed by atoms with Crippen LogP contribution >= 0.6 is 0 Å². The summed E-state index contributed by atoms with van der Waals surface area (Å²) >= 11 is 0. The Hall–Kier alpha value is -1.58. The molecule has 1 fully saturated rings. The van der Waals surface area contributed by atoms with E-state index in [-0.39, 0.29) is 10.8 Å². The molecule has 1 aliphatic heterocycles. The van der Waals surface area contributed by atoms with Gasteiger partial charge in [-0.25, -0.2) is 21.9 Å². The van der Waals surface area contributed by atoms with Gasteiger partial charge in [0.2, 0.25) is 15.9 Å². The van der Waals surface area contributed by atoms with Gasteiger partial charge >= 0.3 is 0 Å². The molecule has 0 bridgehead atoms. The number of hydrogen-bond acceptors (Lipinski definition) is 4. The molecule has 1 aromatic carbocycles. The van der Waals surface area contributed by atoms with E-state index in [1.165, 1.54) is 24.3 Å². The average molecular weight is 333 g/mol. The molecular weight excluding hydrogens is 316 g/mol. The minimum atomic E-state index is -4.05. The number of anilines is 1. The van der Waals surface area contributed by atoms with Crippen molar-refractivity contribution < 1.29 is 22.0 Å². The van der Waals surface area contributed by atoms with E-state index in [4.69, 9.17) is 5.73 Å². The van der Waals surface area contributed by atoms with Crippen LogP contribution in [0.2, 0.25) is 0 Å². The molecular formula is C13H17F2N3O3S. The van der Waals surface area contributed by atoms with Crippen LogP contribution in [0.5, 0.6) is 0 Å². The van der Waals surface area contributed by atoms with E-state index < -0.39 is 29.0 Å². The van der Waals surface area contributed by atoms with Crippen LogP contribution in [0.15, 0.2) is 29.2 Å². The Bertz CT molecular complexity index is 647. The van der Waals surface area contributed by atoms with Crippen LogP contribution in [0.4, 0.5) is 14.5 Å². The van der Waals surface area contributed by atoms with Crippen LogP contribution < -0.4 is 15.4 Å². The third-order valence-corrected chi connectivity index (χ3v) is 4.77. The van der Waals surface area contributed by atoms with Crippen molar-refractivity contribution >= 4 is 21.6 Å². The fourth-order valence-electron chi connectivity index (χ4n) is 2.08. The van der Waals surface area contributed by atoms with E-state index >= 15 is 0 Å². The van der Waals surface area contributed by atoms with Gasteiger partial charge in [-0.2, -0.15) is 0 Å². The Kier molecular flexibility index (Phi) is 4.78. The predicted octanol–water partition coefficient (Wildman–Crippen LogP) is 0.686. The number of sulfonamides is 1. The monoisotopic (exact) mass is 333 g/mol. The summed E-state index contributed by atoms with van der Waals surface area (Å²) < 4.78 is 51.7. The van der Waals surface area contributed by atoms with Crippen LogP contribution in [-0.2, 0) is 14.8 Å². The number of amides is 1. The van der Waals surface area contributed by atoms with Crippen molar-refractivity contribution in [2.75, 3.05) is 24.5 Å². The van der Waals surface area contributed by atoms with Crippen molar-refractivity contribution in [2.24, 2.45) is 5.73 Å². The van der Waals surface area contributed by atoms with Crippen LogP contribution in [0, 0.1) is 0 Å². The number of alkyl halides is 2. The number of benzene rings is 1. The molecule has 2 rings (SSSR count). The molecule has 0 atom stereocenters. The smallest absolute Gasteiger partial charge is 0.273 e. The molecule has 0 radical (unpaired) electrons. The van der Waals surface area contributed by atoms with Gasteiger partial charge in [-0.3, -0.25) is 4.79 Å². The zero-order chi connectivity index (χ0) is 16.4. The van der Waals surface area contributed by atoms with Gasteiger partial charge in [0.05, 0.1) is 18.0 Å². The topological polar surface area (TPSA) is 92.5 Å². The van der Waals surface area contributed by atoms with Crippen molar-refractivity contribution in [3.05, 3.63) is 24.3 Å². The quantitative estimate of drug-likeness (QED) is 0.801. The zero-order valence-corrected chi connectivity index (χ0v) is 12.6. The number of carbonyl (C=O) groups excluding carboxylic acids is 1. The minimum Gasteiger partial charge on any atom is -0.325 e. The minimum absolute atomic E-state index is 0.0173. The SMILES string of the molecule is NCC(F)(F)CNS(=O)(=O)c1ccc(N2CCCC2=O)cc1. The zero-order valence-electron chi connectivity index (χ0n) is 11.8. The molecule has 1 saturated heterocycles. The Morgan fingerprint density at radius 3 is 2.41 bits per heavy atom. The number of rotatable bonds is 6. The highest BCUT2D eigenvalue weighted by Crippen LogP contribution is 2.23. The maximum absolute atomic E-state index is 13.0. The van der Waals surface area contributed by atoms with Crippen LogP contribution in [0.3, 0.4) is 0 Å². The Morgan fingerprint density at radius 1 is 1.27 bits per heavy atom. The summed E-state index contributed by atoms with van der Waals surface area (Å²) in [7, 11) is -4.05. The first kappa shape index (κ1) is 16.8. The third kappa shape index (κ3) is 3.79. The summed E-state index contributed by atoms with van der Waals surface area (Å²) in [6.07, 6.45) is 1.23. The molecule has 9 heteroatoms. The summed E-state index contributed by atoms with van der Waals surface area (Å²) in [5.74, 6) is -3.31. The number of nitrogens with one attached hydrogen (secondary N) is 1. The van der Waals surface area contributed by atoms with Crippen molar-refractivity contribution in [1.82, 2.24) is 4.72 Å². The molecule has 0 aromatic heterocycles. The van der Waals surface area contributed by atoms with Crippen LogP contribution in [0.25, 0.3) is 0 Å². The largest absolute Gasteiger partial charge is 0.325 e. The predicted molar refractivity (Wildman–Crippen MR) is 77.2 cm³/mol. The van der Waals surface area contributed by atoms with E-state index in [2.05, 4.69) is 0 Å². The Morgan fingerprint density at radius 2 is 1.91 bits per heavy atom. The highest BCUT2D eigenvalue weighted by atomic mass is 32.2. The fourth-order valence-corrected chi connectivity index (χ4v) is 3.14. The first-order valence-corrected chi connectivity index (χ1v) is 8.21. The maximum Gasteiger partial charge on any atom is 0.273 e. The lowest BCUT2D eigenvalue weighted by atomic mass is 10.3. The van der Waals surface area contributed by atoms with Crippen molar-refractivity contribution in [1.29, 1.82) is 0 Å². The van der Waals surface area contributed by atoms with Crippen molar-refractivity contribution in [3.8, 4) is 0 Å².